The molecule has 0 aromatic carbocycles. The number of pyridine rings is 1. The van der Waals surface area contributed by atoms with Crippen molar-refractivity contribution in [3.63, 3.8) is 0 Å². The molecule has 0 aliphatic heterocycles. The van der Waals surface area contributed by atoms with E-state index in [1.165, 1.54) is 4.57 Å². The summed E-state index contributed by atoms with van der Waals surface area (Å²) < 4.78 is 1.48. The van der Waals surface area contributed by atoms with Crippen LogP contribution in [-0.2, 0) is 6.42 Å². The largest absolute Gasteiger partial charge is 0.293 e. The molecule has 0 aliphatic rings. The van der Waals surface area contributed by atoms with E-state index in [1.807, 2.05) is 26.8 Å². The molecule has 72 valence electrons. The standard InChI is InChI=1S/C8H11N3.C2H6/c1-2-7-3-4-8(10)11(5-7)6-9;1-2/h3-6,9-10H,2H2,1H3;1-2H3. The molecular formula is C10H17N3. The Kier molecular flexibility index (Phi) is 5.52. The maximum absolute atomic E-state index is 7.35. The third-order valence-corrected chi connectivity index (χ3v) is 1.59. The fraction of sp³-hybridized carbons (Fsp3) is 0.400. The molecule has 1 heterocycles. The van der Waals surface area contributed by atoms with Crippen LogP contribution in [0.15, 0.2) is 18.3 Å². The maximum Gasteiger partial charge on any atom is 0.129 e. The van der Waals surface area contributed by atoms with E-state index in [4.69, 9.17) is 10.8 Å². The summed E-state index contributed by atoms with van der Waals surface area (Å²) >= 11 is 0. The fourth-order valence-corrected chi connectivity index (χ4v) is 0.879. The van der Waals surface area contributed by atoms with Crippen LogP contribution in [0, 0.1) is 10.8 Å². The molecule has 0 aliphatic carbocycles. The summed E-state index contributed by atoms with van der Waals surface area (Å²) in [5.74, 6) is 0. The molecule has 0 saturated carbocycles. The van der Waals surface area contributed by atoms with Gasteiger partial charge in [-0.3, -0.25) is 15.4 Å². The van der Waals surface area contributed by atoms with Gasteiger partial charge in [0.1, 0.15) is 5.49 Å². The molecular weight excluding hydrogens is 162 g/mol. The lowest BCUT2D eigenvalue weighted by atomic mass is 10.2. The number of aryl methyl sites for hydroxylation is 1. The minimum absolute atomic E-state index is 0.345. The smallest absolute Gasteiger partial charge is 0.129 e. The monoisotopic (exact) mass is 179 g/mol. The van der Waals surface area contributed by atoms with Gasteiger partial charge in [-0.05, 0) is 18.1 Å². The van der Waals surface area contributed by atoms with E-state index in [2.05, 4.69) is 0 Å². The summed E-state index contributed by atoms with van der Waals surface area (Å²) in [7, 11) is 0. The normalized spacial score (nSPS) is 8.54. The van der Waals surface area contributed by atoms with Gasteiger partial charge in [0.25, 0.3) is 0 Å². The lowest BCUT2D eigenvalue weighted by Gasteiger charge is -2.00. The molecule has 1 aromatic heterocycles. The number of nitrogens with one attached hydrogen (secondary N) is 2. The van der Waals surface area contributed by atoms with Gasteiger partial charge in [0, 0.05) is 6.20 Å². The number of hydrogen-bond donors (Lipinski definition) is 2. The quantitative estimate of drug-likeness (QED) is 0.515. The zero-order chi connectivity index (χ0) is 10.3. The van der Waals surface area contributed by atoms with E-state index in [0.29, 0.717) is 5.49 Å². The van der Waals surface area contributed by atoms with Gasteiger partial charge in [-0.1, -0.05) is 26.8 Å². The van der Waals surface area contributed by atoms with E-state index in [-0.39, 0.29) is 0 Å². The van der Waals surface area contributed by atoms with Crippen molar-refractivity contribution in [2.45, 2.75) is 27.2 Å². The van der Waals surface area contributed by atoms with Crippen molar-refractivity contribution in [3.8, 4) is 0 Å². The first-order chi connectivity index (χ1) is 6.27. The summed E-state index contributed by atoms with van der Waals surface area (Å²) in [5.41, 5.74) is 1.49. The zero-order valence-electron chi connectivity index (χ0n) is 8.46. The van der Waals surface area contributed by atoms with Crippen LogP contribution in [-0.4, -0.2) is 10.9 Å². The molecule has 1 aromatic rings. The van der Waals surface area contributed by atoms with Crippen LogP contribution >= 0.6 is 0 Å². The van der Waals surface area contributed by atoms with Gasteiger partial charge in [0.2, 0.25) is 0 Å². The Balaban J connectivity index is 0.000000671. The van der Waals surface area contributed by atoms with Gasteiger partial charge in [0.05, 0.1) is 6.34 Å². The molecule has 0 amide bonds. The Bertz CT molecular complexity index is 312. The van der Waals surface area contributed by atoms with Crippen molar-refractivity contribution in [3.05, 3.63) is 29.4 Å². The average Bonchev–Trinajstić information content (AvgIpc) is 2.22. The SMILES string of the molecule is CC.CCc1ccc(=N)n(C=N)c1. The molecule has 2 N–H and O–H groups in total. The molecule has 0 atom stereocenters. The van der Waals surface area contributed by atoms with Crippen molar-refractivity contribution < 1.29 is 0 Å². The molecule has 1 rings (SSSR count). The first-order valence-electron chi connectivity index (χ1n) is 4.54. The third-order valence-electron chi connectivity index (χ3n) is 1.59. The van der Waals surface area contributed by atoms with E-state index >= 15 is 0 Å². The number of rotatable bonds is 2. The highest BCUT2D eigenvalue weighted by Gasteiger charge is 1.90. The van der Waals surface area contributed by atoms with Crippen molar-refractivity contribution in [1.29, 1.82) is 10.8 Å². The molecule has 0 fully saturated rings. The Labute approximate surface area is 79.1 Å². The Morgan fingerprint density at radius 2 is 2.00 bits per heavy atom. The van der Waals surface area contributed by atoms with E-state index in [1.54, 1.807) is 12.3 Å². The maximum atomic E-state index is 7.35. The molecule has 0 spiro atoms. The highest BCUT2D eigenvalue weighted by molar-refractivity contribution is 5.53. The lowest BCUT2D eigenvalue weighted by Crippen LogP contribution is -2.17. The van der Waals surface area contributed by atoms with Crippen LogP contribution in [0.2, 0.25) is 0 Å². The van der Waals surface area contributed by atoms with E-state index < -0.39 is 0 Å². The molecule has 0 radical (unpaired) electrons. The lowest BCUT2D eigenvalue weighted by molar-refractivity contribution is 0.954. The Morgan fingerprint density at radius 1 is 1.38 bits per heavy atom. The Hall–Kier alpha value is -1.38. The first-order valence-corrected chi connectivity index (χ1v) is 4.54. The summed E-state index contributed by atoms with van der Waals surface area (Å²) in [6, 6.07) is 3.60. The Morgan fingerprint density at radius 3 is 2.46 bits per heavy atom. The van der Waals surface area contributed by atoms with Gasteiger partial charge in [-0.15, -0.1) is 0 Å². The fourth-order valence-electron chi connectivity index (χ4n) is 0.879. The average molecular weight is 179 g/mol. The van der Waals surface area contributed by atoms with Crippen molar-refractivity contribution >= 4 is 6.34 Å². The van der Waals surface area contributed by atoms with E-state index in [0.717, 1.165) is 18.3 Å². The second kappa shape index (κ2) is 6.17. The predicted octanol–water partition coefficient (Wildman–Crippen LogP) is 2.01. The van der Waals surface area contributed by atoms with Gasteiger partial charge < -0.3 is 0 Å². The van der Waals surface area contributed by atoms with Crippen molar-refractivity contribution in [2.24, 2.45) is 0 Å². The number of aromatic nitrogens is 1. The van der Waals surface area contributed by atoms with Crippen molar-refractivity contribution in [2.75, 3.05) is 0 Å². The predicted molar refractivity (Wildman–Crippen MR) is 55.2 cm³/mol. The zero-order valence-corrected chi connectivity index (χ0v) is 8.46. The van der Waals surface area contributed by atoms with Crippen LogP contribution in [0.5, 0.6) is 0 Å². The van der Waals surface area contributed by atoms with Crippen LogP contribution in [0.3, 0.4) is 0 Å². The van der Waals surface area contributed by atoms with Gasteiger partial charge >= 0.3 is 0 Å². The molecule has 0 unspecified atom stereocenters. The number of hydrogen-bond acceptors (Lipinski definition) is 2. The minimum atomic E-state index is 0.345. The summed E-state index contributed by atoms with van der Waals surface area (Å²) in [4.78, 5) is 0. The molecule has 3 heteroatoms. The van der Waals surface area contributed by atoms with Gasteiger partial charge in [0.15, 0.2) is 0 Å². The molecule has 13 heavy (non-hydrogen) atoms. The molecule has 3 nitrogen and oxygen atoms in total. The summed E-state index contributed by atoms with van der Waals surface area (Å²) in [6.07, 6.45) is 3.88. The van der Waals surface area contributed by atoms with Crippen LogP contribution in [0.1, 0.15) is 26.3 Å². The minimum Gasteiger partial charge on any atom is -0.293 e. The van der Waals surface area contributed by atoms with E-state index in [9.17, 15) is 0 Å². The molecule has 0 saturated heterocycles. The van der Waals surface area contributed by atoms with Crippen molar-refractivity contribution in [1.82, 2.24) is 4.57 Å². The van der Waals surface area contributed by atoms with Crippen LogP contribution in [0.4, 0.5) is 0 Å². The topological polar surface area (TPSA) is 52.6 Å². The number of nitrogens with zero attached hydrogens (tertiary/aromatic N) is 1. The second-order valence-electron chi connectivity index (χ2n) is 2.31. The van der Waals surface area contributed by atoms with Gasteiger partial charge in [-0.2, -0.15) is 0 Å². The summed E-state index contributed by atoms with van der Waals surface area (Å²) in [5, 5.41) is 14.3. The summed E-state index contributed by atoms with van der Waals surface area (Å²) in [6.45, 7) is 6.05. The van der Waals surface area contributed by atoms with Crippen LogP contribution in [0.25, 0.3) is 0 Å². The molecule has 0 bridgehead atoms. The van der Waals surface area contributed by atoms with Crippen LogP contribution < -0.4 is 5.49 Å². The first kappa shape index (κ1) is 11.6. The highest BCUT2D eigenvalue weighted by Crippen LogP contribution is 1.93. The second-order valence-corrected chi connectivity index (χ2v) is 2.31. The highest BCUT2D eigenvalue weighted by atomic mass is 15.0. The van der Waals surface area contributed by atoms with Gasteiger partial charge in [-0.25, -0.2) is 0 Å². The third kappa shape index (κ3) is 3.23.